The summed E-state index contributed by atoms with van der Waals surface area (Å²) in [5, 5.41) is 7.32. The van der Waals surface area contributed by atoms with Gasteiger partial charge in [-0.3, -0.25) is 0 Å². The fourth-order valence-corrected chi connectivity index (χ4v) is 9.28. The average Bonchev–Trinajstić information content (AvgIpc) is 3.88. The van der Waals surface area contributed by atoms with Crippen molar-refractivity contribution in [2.45, 2.75) is 0 Å². The fourth-order valence-electron chi connectivity index (χ4n) is 8.07. The van der Waals surface area contributed by atoms with Crippen molar-refractivity contribution >= 4 is 92.3 Å². The van der Waals surface area contributed by atoms with E-state index < -0.39 is 0 Å². The van der Waals surface area contributed by atoms with Gasteiger partial charge in [0, 0.05) is 54.0 Å². The van der Waals surface area contributed by atoms with Crippen molar-refractivity contribution in [3.05, 3.63) is 182 Å². The van der Waals surface area contributed by atoms with Gasteiger partial charge in [0.05, 0.1) is 27.1 Å². The molecule has 0 fully saturated rings. The Morgan fingerprint density at radius 2 is 1.06 bits per heavy atom. The first-order valence-electron chi connectivity index (χ1n) is 17.6. The van der Waals surface area contributed by atoms with Gasteiger partial charge in [-0.2, -0.15) is 0 Å². The van der Waals surface area contributed by atoms with Crippen LogP contribution in [0.1, 0.15) is 0 Å². The molecule has 0 aliphatic carbocycles. The largest absolute Gasteiger partial charge is 0.456 e. The third-order valence-electron chi connectivity index (χ3n) is 10.4. The predicted molar refractivity (Wildman–Crippen MR) is 221 cm³/mol. The number of fused-ring (bicyclic) bond motifs is 9. The Kier molecular flexibility index (Phi) is 6.42. The highest BCUT2D eigenvalue weighted by atomic mass is 32.1. The van der Waals surface area contributed by atoms with Crippen LogP contribution in [0.5, 0.6) is 0 Å². The molecule has 0 spiro atoms. The maximum atomic E-state index is 6.25. The number of aromatic nitrogens is 1. The predicted octanol–water partition coefficient (Wildman–Crippen LogP) is 14.2. The normalized spacial score (nSPS) is 11.8. The molecule has 11 rings (SSSR count). The topological polar surface area (TPSA) is 21.3 Å². The lowest BCUT2D eigenvalue weighted by atomic mass is 10.0. The van der Waals surface area contributed by atoms with Gasteiger partial charge in [-0.25, -0.2) is 0 Å². The molecule has 8 aromatic carbocycles. The maximum absolute atomic E-state index is 6.25. The van der Waals surface area contributed by atoms with Crippen molar-refractivity contribution in [1.82, 2.24) is 4.57 Å². The summed E-state index contributed by atoms with van der Waals surface area (Å²) in [6.45, 7) is 0. The Morgan fingerprint density at radius 3 is 1.87 bits per heavy atom. The molecule has 3 nitrogen and oxygen atoms in total. The summed E-state index contributed by atoms with van der Waals surface area (Å²) in [6.07, 6.45) is 0. The van der Waals surface area contributed by atoms with Gasteiger partial charge in [-0.1, -0.05) is 115 Å². The van der Waals surface area contributed by atoms with Gasteiger partial charge in [0.25, 0.3) is 0 Å². The van der Waals surface area contributed by atoms with Gasteiger partial charge in [0.1, 0.15) is 11.2 Å². The van der Waals surface area contributed by atoms with E-state index in [1.54, 1.807) is 0 Å². The minimum atomic E-state index is 0.891. The second kappa shape index (κ2) is 11.5. The quantitative estimate of drug-likeness (QED) is 0.180. The molecule has 0 N–H and O–H groups in total. The molecule has 4 heteroatoms. The Hall–Kier alpha value is -6.62. The van der Waals surface area contributed by atoms with Gasteiger partial charge in [0.2, 0.25) is 0 Å². The summed E-state index contributed by atoms with van der Waals surface area (Å²) in [7, 11) is 0. The van der Waals surface area contributed by atoms with Crippen LogP contribution in [0.4, 0.5) is 17.1 Å². The fraction of sp³-hybridized carbons (Fsp3) is 0. The number of rotatable bonds is 5. The standard InChI is InChI=1S/C48H30N2OS/c1-6-18-41(50-42-19-7-2-13-35(42)36-14-3-8-20-43(36)50)34(12-1)31-24-26-32(27-25-31)49(33-28-29-46-40(30-33)37-15-4-9-22-45(37)51-46)44-21-11-17-39-38-16-5-10-23-47(38)52-48(39)44/h1-30H. The molecule has 0 saturated heterocycles. The van der Waals surface area contributed by atoms with E-state index in [1.807, 2.05) is 23.5 Å². The minimum absolute atomic E-state index is 0.891. The van der Waals surface area contributed by atoms with E-state index in [1.165, 1.54) is 47.5 Å². The van der Waals surface area contributed by atoms with Gasteiger partial charge in [-0.15, -0.1) is 11.3 Å². The van der Waals surface area contributed by atoms with Crippen LogP contribution in [0.15, 0.2) is 186 Å². The zero-order valence-electron chi connectivity index (χ0n) is 28.0. The minimum Gasteiger partial charge on any atom is -0.456 e. The number of benzene rings is 8. The van der Waals surface area contributed by atoms with Crippen molar-refractivity contribution in [3.8, 4) is 16.8 Å². The molecule has 244 valence electrons. The van der Waals surface area contributed by atoms with Crippen LogP contribution in [0, 0.1) is 0 Å². The molecule has 0 aliphatic heterocycles. The molecular weight excluding hydrogens is 653 g/mol. The lowest BCUT2D eigenvalue weighted by molar-refractivity contribution is 0.669. The number of anilines is 3. The van der Waals surface area contributed by atoms with Gasteiger partial charge < -0.3 is 13.9 Å². The van der Waals surface area contributed by atoms with E-state index >= 15 is 0 Å². The Labute approximate surface area is 303 Å². The highest BCUT2D eigenvalue weighted by Gasteiger charge is 2.20. The Bertz CT molecular complexity index is 3090. The third-order valence-corrected chi connectivity index (χ3v) is 11.6. The molecule has 0 saturated carbocycles. The van der Waals surface area contributed by atoms with Crippen molar-refractivity contribution in [1.29, 1.82) is 0 Å². The van der Waals surface area contributed by atoms with E-state index in [0.29, 0.717) is 0 Å². The van der Waals surface area contributed by atoms with Crippen molar-refractivity contribution < 1.29 is 4.42 Å². The van der Waals surface area contributed by atoms with Crippen LogP contribution in [-0.4, -0.2) is 4.57 Å². The number of hydrogen-bond acceptors (Lipinski definition) is 3. The highest BCUT2D eigenvalue weighted by Crippen LogP contribution is 2.46. The number of nitrogens with zero attached hydrogens (tertiary/aromatic N) is 2. The second-order valence-corrected chi connectivity index (χ2v) is 14.4. The monoisotopic (exact) mass is 682 g/mol. The third kappa shape index (κ3) is 4.38. The van der Waals surface area contributed by atoms with Crippen LogP contribution >= 0.6 is 11.3 Å². The molecule has 0 unspecified atom stereocenters. The van der Waals surface area contributed by atoms with Crippen LogP contribution in [-0.2, 0) is 0 Å². The van der Waals surface area contributed by atoms with Crippen LogP contribution in [0.3, 0.4) is 0 Å². The Morgan fingerprint density at radius 1 is 0.442 bits per heavy atom. The highest BCUT2D eigenvalue weighted by molar-refractivity contribution is 7.26. The lowest BCUT2D eigenvalue weighted by Crippen LogP contribution is -2.10. The van der Waals surface area contributed by atoms with E-state index in [0.717, 1.165) is 50.3 Å². The smallest absolute Gasteiger partial charge is 0.135 e. The van der Waals surface area contributed by atoms with E-state index in [2.05, 4.69) is 179 Å². The van der Waals surface area contributed by atoms with Crippen LogP contribution in [0.2, 0.25) is 0 Å². The van der Waals surface area contributed by atoms with Crippen LogP contribution < -0.4 is 4.90 Å². The number of furan rings is 1. The molecule has 0 atom stereocenters. The molecular formula is C48H30N2OS. The first-order valence-corrected chi connectivity index (χ1v) is 18.4. The molecule has 0 amide bonds. The van der Waals surface area contributed by atoms with Gasteiger partial charge in [0.15, 0.2) is 0 Å². The van der Waals surface area contributed by atoms with Crippen molar-refractivity contribution in [2.24, 2.45) is 0 Å². The Balaban J connectivity index is 1.10. The zero-order valence-corrected chi connectivity index (χ0v) is 28.8. The summed E-state index contributed by atoms with van der Waals surface area (Å²) >= 11 is 1.85. The molecule has 0 bridgehead atoms. The van der Waals surface area contributed by atoms with Crippen LogP contribution in [0.25, 0.3) is 80.7 Å². The molecule has 0 radical (unpaired) electrons. The summed E-state index contributed by atoms with van der Waals surface area (Å²) in [5.74, 6) is 0. The molecule has 52 heavy (non-hydrogen) atoms. The average molecular weight is 683 g/mol. The zero-order chi connectivity index (χ0) is 34.2. The van der Waals surface area contributed by atoms with Gasteiger partial charge >= 0.3 is 0 Å². The first-order chi connectivity index (χ1) is 25.8. The second-order valence-electron chi connectivity index (χ2n) is 13.3. The van der Waals surface area contributed by atoms with Crippen molar-refractivity contribution in [2.75, 3.05) is 4.90 Å². The van der Waals surface area contributed by atoms with Gasteiger partial charge in [-0.05, 0) is 72.3 Å². The van der Waals surface area contributed by atoms with E-state index in [9.17, 15) is 0 Å². The maximum Gasteiger partial charge on any atom is 0.135 e. The SMILES string of the molecule is c1ccc(-n2c3ccccc3c3ccccc32)c(-c2ccc(N(c3ccc4oc5ccccc5c4c3)c3cccc4c3sc3ccccc34)cc2)c1. The molecule has 11 aromatic rings. The van der Waals surface area contributed by atoms with Crippen molar-refractivity contribution in [3.63, 3.8) is 0 Å². The number of hydrogen-bond donors (Lipinski definition) is 0. The summed E-state index contributed by atoms with van der Waals surface area (Å²) < 4.78 is 11.2. The first kappa shape index (κ1) is 29.1. The van der Waals surface area contributed by atoms with E-state index in [4.69, 9.17) is 4.42 Å². The number of para-hydroxylation sites is 4. The summed E-state index contributed by atoms with van der Waals surface area (Å²) in [5.41, 5.74) is 11.1. The van der Waals surface area contributed by atoms with E-state index in [-0.39, 0.29) is 0 Å². The summed E-state index contributed by atoms with van der Waals surface area (Å²) in [6, 6.07) is 65.5. The summed E-state index contributed by atoms with van der Waals surface area (Å²) in [4.78, 5) is 2.40. The number of thiophene rings is 1. The molecule has 0 aliphatic rings. The molecule has 3 aromatic heterocycles. The molecule has 3 heterocycles. The lowest BCUT2D eigenvalue weighted by Gasteiger charge is -2.26.